The van der Waals surface area contributed by atoms with E-state index >= 15 is 0 Å². The summed E-state index contributed by atoms with van der Waals surface area (Å²) in [4.78, 5) is 16.1. The lowest BCUT2D eigenvalue weighted by Gasteiger charge is -2.06. The Bertz CT molecular complexity index is 946. The molecule has 8 heteroatoms. The van der Waals surface area contributed by atoms with Gasteiger partial charge in [-0.3, -0.25) is 4.79 Å². The average molecular weight is 363 g/mol. The Morgan fingerprint density at radius 2 is 1.88 bits per heavy atom. The van der Waals surface area contributed by atoms with Gasteiger partial charge in [-0.15, -0.1) is 0 Å². The highest BCUT2D eigenvalue weighted by Gasteiger charge is 2.29. The summed E-state index contributed by atoms with van der Waals surface area (Å²) >= 11 is 1.31. The summed E-state index contributed by atoms with van der Waals surface area (Å²) in [5, 5.41) is 3.13. The molecule has 4 nitrogen and oxygen atoms in total. The number of nitrogens with two attached hydrogens (primary N) is 1. The summed E-state index contributed by atoms with van der Waals surface area (Å²) in [6.07, 6.45) is -1.68. The van der Waals surface area contributed by atoms with Gasteiger partial charge in [-0.05, 0) is 42.0 Å². The van der Waals surface area contributed by atoms with Crippen LogP contribution in [0.1, 0.15) is 11.1 Å². The van der Waals surface area contributed by atoms with Crippen molar-refractivity contribution in [3.05, 3.63) is 59.7 Å². The molecular weight excluding hydrogens is 351 g/mol. The van der Waals surface area contributed by atoms with Gasteiger partial charge in [-0.2, -0.15) is 13.2 Å². The van der Waals surface area contributed by atoms with Crippen LogP contribution in [0, 0.1) is 0 Å². The molecule has 0 bridgehead atoms. The molecule has 0 saturated heterocycles. The number of carbonyl (C=O) groups excluding carboxylic acids is 1. The van der Waals surface area contributed by atoms with Crippen molar-refractivity contribution in [1.29, 1.82) is 0 Å². The second kappa shape index (κ2) is 6.56. The van der Waals surface area contributed by atoms with Crippen LogP contribution in [0.25, 0.3) is 16.3 Å². The van der Waals surface area contributed by atoms with E-state index in [-0.39, 0.29) is 0 Å². The predicted molar refractivity (Wildman–Crippen MR) is 93.1 cm³/mol. The summed E-state index contributed by atoms with van der Waals surface area (Å²) in [6.45, 7) is 0. The number of hydrogen-bond donors (Lipinski definition) is 2. The molecule has 3 N–H and O–H groups in total. The molecule has 25 heavy (non-hydrogen) atoms. The van der Waals surface area contributed by atoms with E-state index in [4.69, 9.17) is 5.73 Å². The van der Waals surface area contributed by atoms with Crippen LogP contribution < -0.4 is 11.1 Å². The van der Waals surface area contributed by atoms with Gasteiger partial charge in [0.2, 0.25) is 5.91 Å². The van der Waals surface area contributed by atoms with Gasteiger partial charge < -0.3 is 11.1 Å². The molecular formula is C17H12F3N3OS. The quantitative estimate of drug-likeness (QED) is 0.671. The van der Waals surface area contributed by atoms with Crippen LogP contribution in [0.2, 0.25) is 0 Å². The Balaban J connectivity index is 1.67. The first-order valence-corrected chi connectivity index (χ1v) is 7.95. The maximum absolute atomic E-state index is 12.5. The number of benzene rings is 2. The average Bonchev–Trinajstić information content (AvgIpc) is 2.92. The van der Waals surface area contributed by atoms with Crippen molar-refractivity contribution in [2.24, 2.45) is 0 Å². The van der Waals surface area contributed by atoms with Crippen molar-refractivity contribution in [2.75, 3.05) is 11.1 Å². The van der Waals surface area contributed by atoms with Crippen LogP contribution in [-0.2, 0) is 11.0 Å². The Morgan fingerprint density at radius 1 is 1.16 bits per heavy atom. The minimum absolute atomic E-state index is 0.392. The first kappa shape index (κ1) is 17.0. The van der Waals surface area contributed by atoms with Gasteiger partial charge in [0, 0.05) is 11.8 Å². The zero-order valence-electron chi connectivity index (χ0n) is 12.7. The Kier molecular flexibility index (Phi) is 4.45. The zero-order valence-corrected chi connectivity index (χ0v) is 13.5. The third-order valence-corrected chi connectivity index (χ3v) is 4.19. The Hall–Kier alpha value is -2.87. The molecule has 1 amide bonds. The molecule has 0 aliphatic rings. The second-order valence-electron chi connectivity index (χ2n) is 5.18. The van der Waals surface area contributed by atoms with Crippen molar-refractivity contribution in [3.8, 4) is 0 Å². The number of alkyl halides is 3. The maximum Gasteiger partial charge on any atom is 0.416 e. The number of aromatic nitrogens is 1. The summed E-state index contributed by atoms with van der Waals surface area (Å²) in [5.41, 5.74) is 6.73. The lowest BCUT2D eigenvalue weighted by atomic mass is 10.1. The van der Waals surface area contributed by atoms with E-state index < -0.39 is 17.6 Å². The number of anilines is 2. The molecule has 0 unspecified atom stereocenters. The summed E-state index contributed by atoms with van der Waals surface area (Å²) < 4.78 is 38.3. The highest BCUT2D eigenvalue weighted by molar-refractivity contribution is 7.22. The summed E-state index contributed by atoms with van der Waals surface area (Å²) in [6, 6.07) is 9.76. The number of nitrogens with zero attached hydrogens (tertiary/aromatic N) is 1. The molecule has 0 spiro atoms. The van der Waals surface area contributed by atoms with Gasteiger partial charge in [-0.25, -0.2) is 4.98 Å². The number of rotatable bonds is 3. The first-order valence-electron chi connectivity index (χ1n) is 7.14. The third kappa shape index (κ3) is 4.16. The fraction of sp³-hybridized carbons (Fsp3) is 0.0588. The van der Waals surface area contributed by atoms with Crippen molar-refractivity contribution in [1.82, 2.24) is 4.98 Å². The standard InChI is InChI=1S/C17H12F3N3OS/c18-17(19,20)11-4-1-10(2-5-11)3-8-15(24)22-12-6-7-13-14(9-12)25-16(21)23-13/h1-9H,(H2,21,23)(H,22,24)/b8-3+. The van der Waals surface area contributed by atoms with E-state index in [2.05, 4.69) is 10.3 Å². The monoisotopic (exact) mass is 363 g/mol. The van der Waals surface area contributed by atoms with E-state index in [1.807, 2.05) is 0 Å². The van der Waals surface area contributed by atoms with E-state index in [9.17, 15) is 18.0 Å². The first-order chi connectivity index (χ1) is 11.8. The SMILES string of the molecule is Nc1nc2ccc(NC(=O)/C=C/c3ccc(C(F)(F)F)cc3)cc2s1. The number of amides is 1. The molecule has 0 fully saturated rings. The van der Waals surface area contributed by atoms with Gasteiger partial charge in [-0.1, -0.05) is 23.5 Å². The van der Waals surface area contributed by atoms with Gasteiger partial charge in [0.05, 0.1) is 15.8 Å². The molecule has 0 radical (unpaired) electrons. The number of nitrogens with one attached hydrogen (secondary N) is 1. The van der Waals surface area contributed by atoms with Crippen LogP contribution in [0.5, 0.6) is 0 Å². The van der Waals surface area contributed by atoms with Crippen molar-refractivity contribution < 1.29 is 18.0 Å². The summed E-state index contributed by atoms with van der Waals surface area (Å²) in [7, 11) is 0. The molecule has 1 aromatic heterocycles. The van der Waals surface area contributed by atoms with Gasteiger partial charge in [0.15, 0.2) is 5.13 Å². The topological polar surface area (TPSA) is 68.0 Å². The fourth-order valence-electron chi connectivity index (χ4n) is 2.16. The van der Waals surface area contributed by atoms with Gasteiger partial charge >= 0.3 is 6.18 Å². The number of nitrogen functional groups attached to an aromatic ring is 1. The number of fused-ring (bicyclic) bond motifs is 1. The maximum atomic E-state index is 12.5. The Labute approximate surface area is 144 Å². The van der Waals surface area contributed by atoms with E-state index in [1.54, 1.807) is 18.2 Å². The lowest BCUT2D eigenvalue weighted by Crippen LogP contribution is -2.07. The third-order valence-electron chi connectivity index (χ3n) is 3.34. The largest absolute Gasteiger partial charge is 0.416 e. The highest BCUT2D eigenvalue weighted by Crippen LogP contribution is 2.29. The van der Waals surface area contributed by atoms with Crippen molar-refractivity contribution in [2.45, 2.75) is 6.18 Å². The van der Waals surface area contributed by atoms with Crippen molar-refractivity contribution >= 4 is 44.4 Å². The zero-order chi connectivity index (χ0) is 18.0. The van der Waals surface area contributed by atoms with E-state index in [0.717, 1.165) is 22.3 Å². The van der Waals surface area contributed by atoms with E-state index in [1.165, 1.54) is 35.6 Å². The number of halogens is 3. The summed E-state index contributed by atoms with van der Waals surface area (Å²) in [5.74, 6) is -0.392. The molecule has 128 valence electrons. The van der Waals surface area contributed by atoms with Crippen LogP contribution in [0.3, 0.4) is 0 Å². The molecule has 2 aromatic carbocycles. The minimum atomic E-state index is -4.38. The lowest BCUT2D eigenvalue weighted by molar-refractivity contribution is -0.137. The normalized spacial score (nSPS) is 12.0. The predicted octanol–water partition coefficient (Wildman–Crippen LogP) is 4.55. The molecule has 1 heterocycles. The van der Waals surface area contributed by atoms with Crippen LogP contribution in [0.15, 0.2) is 48.5 Å². The Morgan fingerprint density at radius 3 is 2.56 bits per heavy atom. The number of thiazole rings is 1. The highest BCUT2D eigenvalue weighted by atomic mass is 32.1. The molecule has 0 saturated carbocycles. The van der Waals surface area contributed by atoms with Crippen LogP contribution >= 0.6 is 11.3 Å². The van der Waals surface area contributed by atoms with Crippen LogP contribution in [0.4, 0.5) is 24.0 Å². The fourth-order valence-corrected chi connectivity index (χ4v) is 2.93. The smallest absolute Gasteiger partial charge is 0.375 e. The molecule has 0 atom stereocenters. The van der Waals surface area contributed by atoms with Crippen LogP contribution in [-0.4, -0.2) is 10.9 Å². The molecule has 0 aliphatic carbocycles. The van der Waals surface area contributed by atoms with Gasteiger partial charge in [0.1, 0.15) is 0 Å². The van der Waals surface area contributed by atoms with E-state index in [0.29, 0.717) is 16.4 Å². The molecule has 3 aromatic rings. The molecule has 0 aliphatic heterocycles. The molecule has 3 rings (SSSR count). The number of carbonyl (C=O) groups is 1. The van der Waals surface area contributed by atoms with Crippen molar-refractivity contribution in [3.63, 3.8) is 0 Å². The second-order valence-corrected chi connectivity index (χ2v) is 6.24. The number of hydrogen-bond acceptors (Lipinski definition) is 4. The van der Waals surface area contributed by atoms with Gasteiger partial charge in [0.25, 0.3) is 0 Å². The minimum Gasteiger partial charge on any atom is -0.375 e.